The number of benzene rings is 1. The van der Waals surface area contributed by atoms with Crippen molar-refractivity contribution in [2.45, 2.75) is 6.54 Å². The number of rotatable bonds is 4. The lowest BCUT2D eigenvalue weighted by Gasteiger charge is -2.36. The first-order valence-electron chi connectivity index (χ1n) is 7.06. The lowest BCUT2D eigenvalue weighted by Crippen LogP contribution is -2.49. The quantitative estimate of drug-likeness (QED) is 0.934. The topological polar surface area (TPSA) is 77.2 Å². The molecule has 0 amide bonds. The predicted octanol–water partition coefficient (Wildman–Crippen LogP) is 2.14. The molecular formula is C17H15N3O2. The number of hydrogen-bond acceptors (Lipinski definition) is 4. The van der Waals surface area contributed by atoms with Crippen molar-refractivity contribution in [3.05, 3.63) is 53.7 Å². The van der Waals surface area contributed by atoms with Crippen LogP contribution in [-0.2, 0) is 11.3 Å². The molecule has 0 unspecified atom stereocenters. The standard InChI is InChI=1S/C17H15N3O2/c18-7-13-3-6-16(19-8-13)14-4-1-12(2-5-14)9-20-10-15(11-20)17(21)22/h1-6,8,15H,9-11H2,(H,21,22). The number of carboxylic acid groups (broad SMARTS) is 1. The molecule has 1 fully saturated rings. The molecule has 0 saturated carbocycles. The van der Waals surface area contributed by atoms with Gasteiger partial charge in [0, 0.05) is 31.4 Å². The van der Waals surface area contributed by atoms with Crippen LogP contribution in [0.15, 0.2) is 42.6 Å². The lowest BCUT2D eigenvalue weighted by atomic mass is 9.99. The fraction of sp³-hybridized carbons (Fsp3) is 0.235. The number of nitrogens with zero attached hydrogens (tertiary/aromatic N) is 3. The number of pyridine rings is 1. The van der Waals surface area contributed by atoms with Gasteiger partial charge in [-0.3, -0.25) is 14.7 Å². The van der Waals surface area contributed by atoms with E-state index in [4.69, 9.17) is 10.4 Å². The van der Waals surface area contributed by atoms with Crippen LogP contribution in [0.4, 0.5) is 0 Å². The molecule has 5 heteroatoms. The van der Waals surface area contributed by atoms with Crippen molar-refractivity contribution in [3.63, 3.8) is 0 Å². The molecule has 2 aromatic rings. The molecule has 0 spiro atoms. The monoisotopic (exact) mass is 293 g/mol. The highest BCUT2D eigenvalue weighted by Gasteiger charge is 2.31. The smallest absolute Gasteiger partial charge is 0.309 e. The van der Waals surface area contributed by atoms with E-state index in [0.717, 1.165) is 23.4 Å². The average Bonchev–Trinajstić information content (AvgIpc) is 2.51. The summed E-state index contributed by atoms with van der Waals surface area (Å²) in [5.74, 6) is -0.930. The maximum Gasteiger partial charge on any atom is 0.309 e. The Bertz CT molecular complexity index is 711. The summed E-state index contributed by atoms with van der Waals surface area (Å²) in [7, 11) is 0. The van der Waals surface area contributed by atoms with Crippen molar-refractivity contribution in [1.29, 1.82) is 5.26 Å². The maximum absolute atomic E-state index is 10.8. The highest BCUT2D eigenvalue weighted by atomic mass is 16.4. The Kier molecular flexibility index (Phi) is 3.86. The number of hydrogen-bond donors (Lipinski definition) is 1. The Balaban J connectivity index is 1.63. The van der Waals surface area contributed by atoms with E-state index in [1.54, 1.807) is 12.3 Å². The zero-order valence-corrected chi connectivity index (χ0v) is 11.9. The molecule has 0 bridgehead atoms. The largest absolute Gasteiger partial charge is 0.481 e. The van der Waals surface area contributed by atoms with Crippen LogP contribution in [0.25, 0.3) is 11.3 Å². The molecule has 0 aliphatic carbocycles. The van der Waals surface area contributed by atoms with E-state index >= 15 is 0 Å². The van der Waals surface area contributed by atoms with Crippen LogP contribution in [0.2, 0.25) is 0 Å². The summed E-state index contributed by atoms with van der Waals surface area (Å²) in [5, 5.41) is 17.6. The molecule has 5 nitrogen and oxygen atoms in total. The van der Waals surface area contributed by atoms with Gasteiger partial charge in [0.05, 0.1) is 17.2 Å². The van der Waals surface area contributed by atoms with Crippen molar-refractivity contribution in [2.24, 2.45) is 5.92 Å². The van der Waals surface area contributed by atoms with E-state index in [1.165, 1.54) is 0 Å². The first kappa shape index (κ1) is 14.2. The van der Waals surface area contributed by atoms with E-state index < -0.39 is 5.97 Å². The number of aliphatic carboxylic acids is 1. The van der Waals surface area contributed by atoms with Crippen molar-refractivity contribution in [2.75, 3.05) is 13.1 Å². The fourth-order valence-corrected chi connectivity index (χ4v) is 2.53. The van der Waals surface area contributed by atoms with Gasteiger partial charge in [-0.05, 0) is 17.7 Å². The van der Waals surface area contributed by atoms with Crippen LogP contribution < -0.4 is 0 Å². The Hall–Kier alpha value is -2.71. The molecule has 1 N–H and O–H groups in total. The van der Waals surface area contributed by atoms with Gasteiger partial charge in [0.25, 0.3) is 0 Å². The van der Waals surface area contributed by atoms with E-state index in [-0.39, 0.29) is 5.92 Å². The second-order valence-electron chi connectivity index (χ2n) is 5.47. The third-order valence-corrected chi connectivity index (χ3v) is 3.85. The Labute approximate surface area is 128 Å². The lowest BCUT2D eigenvalue weighted by molar-refractivity contribution is -0.147. The van der Waals surface area contributed by atoms with Crippen LogP contribution in [0, 0.1) is 17.2 Å². The molecular weight excluding hydrogens is 278 g/mol. The molecule has 110 valence electrons. The summed E-state index contributed by atoms with van der Waals surface area (Å²) in [5.41, 5.74) is 3.54. The molecule has 0 atom stereocenters. The van der Waals surface area contributed by atoms with E-state index in [9.17, 15) is 4.79 Å². The van der Waals surface area contributed by atoms with Crippen LogP contribution in [-0.4, -0.2) is 34.0 Å². The van der Waals surface area contributed by atoms with Gasteiger partial charge in [-0.25, -0.2) is 0 Å². The second-order valence-corrected chi connectivity index (χ2v) is 5.47. The van der Waals surface area contributed by atoms with Crippen molar-refractivity contribution in [1.82, 2.24) is 9.88 Å². The molecule has 1 saturated heterocycles. The molecule has 2 heterocycles. The summed E-state index contributed by atoms with van der Waals surface area (Å²) < 4.78 is 0. The minimum Gasteiger partial charge on any atom is -0.481 e. The average molecular weight is 293 g/mol. The van der Waals surface area contributed by atoms with Gasteiger partial charge in [0.15, 0.2) is 0 Å². The molecule has 1 aliphatic rings. The third kappa shape index (κ3) is 2.97. The van der Waals surface area contributed by atoms with Crippen LogP contribution in [0.1, 0.15) is 11.1 Å². The zero-order valence-electron chi connectivity index (χ0n) is 11.9. The minimum atomic E-state index is -0.710. The molecule has 1 aromatic carbocycles. The van der Waals surface area contributed by atoms with Crippen molar-refractivity contribution >= 4 is 5.97 Å². The minimum absolute atomic E-state index is 0.220. The van der Waals surface area contributed by atoms with Gasteiger partial charge < -0.3 is 5.11 Å². The van der Waals surface area contributed by atoms with Crippen LogP contribution in [0.3, 0.4) is 0 Å². The Morgan fingerprint density at radius 3 is 2.55 bits per heavy atom. The summed E-state index contributed by atoms with van der Waals surface area (Å²) in [6.07, 6.45) is 1.56. The number of nitriles is 1. The van der Waals surface area contributed by atoms with Gasteiger partial charge in [-0.2, -0.15) is 5.26 Å². The zero-order chi connectivity index (χ0) is 15.5. The number of aromatic nitrogens is 1. The van der Waals surface area contributed by atoms with Crippen LogP contribution in [0.5, 0.6) is 0 Å². The van der Waals surface area contributed by atoms with Gasteiger partial charge in [-0.15, -0.1) is 0 Å². The highest BCUT2D eigenvalue weighted by molar-refractivity contribution is 5.71. The van der Waals surface area contributed by atoms with E-state index in [0.29, 0.717) is 18.7 Å². The summed E-state index contributed by atoms with van der Waals surface area (Å²) in [4.78, 5) is 17.2. The van der Waals surface area contributed by atoms with Crippen LogP contribution >= 0.6 is 0 Å². The molecule has 1 aromatic heterocycles. The van der Waals surface area contributed by atoms with Crippen molar-refractivity contribution < 1.29 is 9.90 Å². The van der Waals surface area contributed by atoms with Crippen molar-refractivity contribution in [3.8, 4) is 17.3 Å². The maximum atomic E-state index is 10.8. The Morgan fingerprint density at radius 1 is 1.27 bits per heavy atom. The normalized spacial score (nSPS) is 15.0. The second kappa shape index (κ2) is 5.96. The number of carboxylic acids is 1. The number of likely N-dealkylation sites (tertiary alicyclic amines) is 1. The Morgan fingerprint density at radius 2 is 2.00 bits per heavy atom. The molecule has 3 rings (SSSR count). The fourth-order valence-electron chi connectivity index (χ4n) is 2.53. The van der Waals surface area contributed by atoms with E-state index in [1.807, 2.05) is 30.3 Å². The summed E-state index contributed by atoms with van der Waals surface area (Å²) >= 11 is 0. The SMILES string of the molecule is N#Cc1ccc(-c2ccc(CN3CC(C(=O)O)C3)cc2)nc1. The van der Waals surface area contributed by atoms with E-state index in [2.05, 4.69) is 16.0 Å². The number of carbonyl (C=O) groups is 1. The van der Waals surface area contributed by atoms with Gasteiger partial charge in [0.2, 0.25) is 0 Å². The summed E-state index contributed by atoms with van der Waals surface area (Å²) in [6, 6.07) is 13.7. The third-order valence-electron chi connectivity index (χ3n) is 3.85. The molecule has 0 radical (unpaired) electrons. The first-order chi connectivity index (χ1) is 10.7. The van der Waals surface area contributed by atoms with Gasteiger partial charge in [-0.1, -0.05) is 24.3 Å². The summed E-state index contributed by atoms with van der Waals surface area (Å²) in [6.45, 7) is 2.01. The van der Waals surface area contributed by atoms with Gasteiger partial charge >= 0.3 is 5.97 Å². The van der Waals surface area contributed by atoms with Gasteiger partial charge in [0.1, 0.15) is 6.07 Å². The molecule has 1 aliphatic heterocycles. The highest BCUT2D eigenvalue weighted by Crippen LogP contribution is 2.21. The molecule has 22 heavy (non-hydrogen) atoms. The predicted molar refractivity (Wildman–Crippen MR) is 80.8 cm³/mol. The first-order valence-corrected chi connectivity index (χ1v) is 7.06.